The largest absolute Gasteiger partial charge is 0.339 e. The van der Waals surface area contributed by atoms with Crippen molar-refractivity contribution in [2.45, 2.75) is 40.3 Å². The molecule has 2 rings (SSSR count). The van der Waals surface area contributed by atoms with Crippen LogP contribution in [0.25, 0.3) is 0 Å². The maximum Gasteiger partial charge on any atom is 0.227 e. The van der Waals surface area contributed by atoms with Crippen molar-refractivity contribution in [1.29, 1.82) is 0 Å². The molecule has 7 heteroatoms. The van der Waals surface area contributed by atoms with Crippen LogP contribution in [0.5, 0.6) is 0 Å². The average molecular weight is 264 g/mol. The fourth-order valence-electron chi connectivity index (χ4n) is 1.76. The first-order valence-electron chi connectivity index (χ1n) is 6.51. The van der Waals surface area contributed by atoms with Gasteiger partial charge in [0.05, 0.1) is 6.54 Å². The van der Waals surface area contributed by atoms with E-state index in [4.69, 9.17) is 4.52 Å². The lowest BCUT2D eigenvalue weighted by molar-refractivity contribution is 0.371. The van der Waals surface area contributed by atoms with Crippen LogP contribution in [0.2, 0.25) is 0 Å². The van der Waals surface area contributed by atoms with Gasteiger partial charge < -0.3 is 9.84 Å². The number of nitrogens with one attached hydrogen (secondary N) is 1. The topological polar surface area (TPSA) is 81.7 Å². The summed E-state index contributed by atoms with van der Waals surface area (Å²) in [6.45, 7) is 8.50. The zero-order valence-corrected chi connectivity index (χ0v) is 11.6. The number of nitrogens with zero attached hydrogens (tertiary/aromatic N) is 5. The predicted octanol–water partition coefficient (Wildman–Crippen LogP) is 0.958. The van der Waals surface area contributed by atoms with E-state index < -0.39 is 0 Å². The number of rotatable bonds is 7. The second-order valence-electron chi connectivity index (χ2n) is 4.91. The lowest BCUT2D eigenvalue weighted by Crippen LogP contribution is -2.21. The van der Waals surface area contributed by atoms with Crippen LogP contribution in [0.15, 0.2) is 10.9 Å². The molecule has 0 atom stereocenters. The molecule has 0 aliphatic carbocycles. The van der Waals surface area contributed by atoms with Crippen molar-refractivity contribution in [2.24, 2.45) is 5.92 Å². The highest BCUT2D eigenvalue weighted by Gasteiger charge is 2.06. The Kier molecular flexibility index (Phi) is 4.62. The first-order chi connectivity index (χ1) is 9.15. The molecule has 0 saturated carbocycles. The second-order valence-corrected chi connectivity index (χ2v) is 4.91. The zero-order valence-electron chi connectivity index (χ0n) is 11.6. The number of hydrogen-bond acceptors (Lipinski definition) is 6. The number of aromatic nitrogens is 5. The summed E-state index contributed by atoms with van der Waals surface area (Å²) in [5.41, 5.74) is 0. The average Bonchev–Trinajstić information content (AvgIpc) is 2.94. The molecular weight excluding hydrogens is 244 g/mol. The molecule has 2 aromatic rings. The maximum atomic E-state index is 5.04. The van der Waals surface area contributed by atoms with Crippen molar-refractivity contribution in [3.05, 3.63) is 23.9 Å². The Balaban J connectivity index is 1.75. The van der Waals surface area contributed by atoms with Crippen LogP contribution in [0, 0.1) is 12.8 Å². The fourth-order valence-corrected chi connectivity index (χ4v) is 1.76. The normalized spacial score (nSPS) is 11.4. The van der Waals surface area contributed by atoms with Crippen molar-refractivity contribution < 1.29 is 4.52 Å². The van der Waals surface area contributed by atoms with E-state index in [0.29, 0.717) is 24.2 Å². The molecule has 0 aromatic carbocycles. The summed E-state index contributed by atoms with van der Waals surface area (Å²) in [5.74, 6) is 2.84. The summed E-state index contributed by atoms with van der Waals surface area (Å²) < 4.78 is 6.98. The molecule has 0 fully saturated rings. The standard InChI is InChI=1S/C12H20N6O/c1-9(2)7-18-11(14-8-15-18)6-13-5-4-12-16-10(3)17-19-12/h8-9,13H,4-7H2,1-3H3. The van der Waals surface area contributed by atoms with Gasteiger partial charge in [0.25, 0.3) is 0 Å². The van der Waals surface area contributed by atoms with Crippen molar-refractivity contribution in [3.8, 4) is 0 Å². The van der Waals surface area contributed by atoms with Crippen molar-refractivity contribution >= 4 is 0 Å². The second kappa shape index (κ2) is 6.42. The molecule has 104 valence electrons. The first kappa shape index (κ1) is 13.7. The zero-order chi connectivity index (χ0) is 13.7. The highest BCUT2D eigenvalue weighted by molar-refractivity contribution is 4.86. The van der Waals surface area contributed by atoms with Gasteiger partial charge in [-0.1, -0.05) is 19.0 Å². The van der Waals surface area contributed by atoms with Crippen molar-refractivity contribution in [3.63, 3.8) is 0 Å². The summed E-state index contributed by atoms with van der Waals surface area (Å²) in [5, 5.41) is 11.3. The summed E-state index contributed by atoms with van der Waals surface area (Å²) in [4.78, 5) is 8.41. The minimum atomic E-state index is 0.557. The van der Waals surface area contributed by atoms with Gasteiger partial charge in [0.15, 0.2) is 5.82 Å². The van der Waals surface area contributed by atoms with E-state index in [1.54, 1.807) is 6.33 Å². The molecule has 0 unspecified atom stereocenters. The van der Waals surface area contributed by atoms with E-state index >= 15 is 0 Å². The Morgan fingerprint density at radius 1 is 1.42 bits per heavy atom. The van der Waals surface area contributed by atoms with Crippen LogP contribution in [0.1, 0.15) is 31.4 Å². The van der Waals surface area contributed by atoms with Crippen molar-refractivity contribution in [1.82, 2.24) is 30.2 Å². The summed E-state index contributed by atoms with van der Waals surface area (Å²) in [6, 6.07) is 0. The van der Waals surface area contributed by atoms with E-state index in [-0.39, 0.29) is 0 Å². The third kappa shape index (κ3) is 4.13. The molecule has 0 aliphatic heterocycles. The van der Waals surface area contributed by atoms with Crippen molar-refractivity contribution in [2.75, 3.05) is 6.54 Å². The van der Waals surface area contributed by atoms with Gasteiger partial charge in [-0.25, -0.2) is 9.67 Å². The Morgan fingerprint density at radius 2 is 2.26 bits per heavy atom. The van der Waals surface area contributed by atoms with Gasteiger partial charge >= 0.3 is 0 Å². The van der Waals surface area contributed by atoms with Gasteiger partial charge in [0.2, 0.25) is 5.89 Å². The third-order valence-electron chi connectivity index (χ3n) is 2.60. The van der Waals surface area contributed by atoms with Crippen LogP contribution in [0.3, 0.4) is 0 Å². The van der Waals surface area contributed by atoms with E-state index in [2.05, 4.69) is 39.4 Å². The van der Waals surface area contributed by atoms with Gasteiger partial charge in [0.1, 0.15) is 12.2 Å². The SMILES string of the molecule is Cc1noc(CCNCc2ncnn2CC(C)C)n1. The lowest BCUT2D eigenvalue weighted by Gasteiger charge is -2.08. The summed E-state index contributed by atoms with van der Waals surface area (Å²) in [7, 11) is 0. The first-order valence-corrected chi connectivity index (χ1v) is 6.51. The molecule has 2 heterocycles. The molecule has 0 saturated heterocycles. The molecule has 0 radical (unpaired) electrons. The molecule has 0 spiro atoms. The highest BCUT2D eigenvalue weighted by Crippen LogP contribution is 2.01. The van der Waals surface area contributed by atoms with Gasteiger partial charge in [-0.3, -0.25) is 0 Å². The lowest BCUT2D eigenvalue weighted by atomic mass is 10.2. The van der Waals surface area contributed by atoms with E-state index in [0.717, 1.165) is 25.3 Å². The van der Waals surface area contributed by atoms with Gasteiger partial charge in [-0.05, 0) is 12.8 Å². The quantitative estimate of drug-likeness (QED) is 0.750. The molecule has 1 N–H and O–H groups in total. The monoisotopic (exact) mass is 264 g/mol. The minimum Gasteiger partial charge on any atom is -0.339 e. The Hall–Kier alpha value is -1.76. The van der Waals surface area contributed by atoms with Crippen LogP contribution < -0.4 is 5.32 Å². The minimum absolute atomic E-state index is 0.557. The molecule has 0 amide bonds. The predicted molar refractivity (Wildman–Crippen MR) is 69.3 cm³/mol. The Bertz CT molecular complexity index is 504. The van der Waals surface area contributed by atoms with E-state index in [1.165, 1.54) is 0 Å². The Labute approximate surface area is 112 Å². The van der Waals surface area contributed by atoms with Crippen LogP contribution in [-0.4, -0.2) is 31.4 Å². The third-order valence-corrected chi connectivity index (χ3v) is 2.60. The van der Waals surface area contributed by atoms with Crippen LogP contribution in [-0.2, 0) is 19.5 Å². The number of aryl methyl sites for hydroxylation is 1. The van der Waals surface area contributed by atoms with Gasteiger partial charge in [-0.15, -0.1) is 0 Å². The highest BCUT2D eigenvalue weighted by atomic mass is 16.5. The van der Waals surface area contributed by atoms with E-state index in [1.807, 2.05) is 11.6 Å². The smallest absolute Gasteiger partial charge is 0.227 e. The molecule has 0 bridgehead atoms. The molecule has 2 aromatic heterocycles. The summed E-state index contributed by atoms with van der Waals surface area (Å²) in [6.07, 6.45) is 2.32. The Morgan fingerprint density at radius 3 is 2.95 bits per heavy atom. The molecule has 19 heavy (non-hydrogen) atoms. The maximum absolute atomic E-state index is 5.04. The van der Waals surface area contributed by atoms with E-state index in [9.17, 15) is 0 Å². The fraction of sp³-hybridized carbons (Fsp3) is 0.667. The van der Waals surface area contributed by atoms with Gasteiger partial charge in [0, 0.05) is 19.5 Å². The molecule has 0 aliphatic rings. The van der Waals surface area contributed by atoms with Crippen LogP contribution >= 0.6 is 0 Å². The molecular formula is C12H20N6O. The summed E-state index contributed by atoms with van der Waals surface area (Å²) >= 11 is 0. The van der Waals surface area contributed by atoms with Crippen LogP contribution in [0.4, 0.5) is 0 Å². The van der Waals surface area contributed by atoms with Gasteiger partial charge in [-0.2, -0.15) is 10.1 Å². The number of hydrogen-bond donors (Lipinski definition) is 1. The molecule has 7 nitrogen and oxygen atoms in total.